The van der Waals surface area contributed by atoms with Crippen LogP contribution in [0.2, 0.25) is 0 Å². The van der Waals surface area contributed by atoms with E-state index in [2.05, 4.69) is 40.2 Å². The Morgan fingerprint density at radius 2 is 1.60 bits per heavy atom. The molecule has 1 fully saturated rings. The van der Waals surface area contributed by atoms with E-state index in [1.165, 1.54) is 5.56 Å². The van der Waals surface area contributed by atoms with Crippen LogP contribution in [-0.4, -0.2) is 15.6 Å². The Morgan fingerprint density at radius 3 is 2.37 bits per heavy atom. The quantitative estimate of drug-likeness (QED) is 0.411. The highest BCUT2D eigenvalue weighted by Crippen LogP contribution is 2.62. The van der Waals surface area contributed by atoms with Gasteiger partial charge < -0.3 is 5.11 Å². The fraction of sp³-hybridized carbons (Fsp3) is 0.192. The van der Waals surface area contributed by atoms with E-state index < -0.39 is 11.5 Å². The molecule has 148 valence electrons. The smallest absolute Gasteiger partial charge is 0.238 e. The van der Waals surface area contributed by atoms with Gasteiger partial charge in [0.15, 0.2) is 0 Å². The van der Waals surface area contributed by atoms with Gasteiger partial charge in [-0.2, -0.15) is 0 Å². The molecule has 4 heteroatoms. The van der Waals surface area contributed by atoms with E-state index in [9.17, 15) is 9.90 Å². The van der Waals surface area contributed by atoms with Gasteiger partial charge in [0, 0.05) is 15.8 Å². The Hall–Kier alpha value is -2.69. The number of para-hydroxylation sites is 1. The van der Waals surface area contributed by atoms with Crippen LogP contribution in [0.1, 0.15) is 39.9 Å². The van der Waals surface area contributed by atoms with E-state index in [0.29, 0.717) is 6.42 Å². The Kier molecular flexibility index (Phi) is 3.86. The van der Waals surface area contributed by atoms with Crippen molar-refractivity contribution in [1.82, 2.24) is 4.57 Å². The number of hydrogen-bond acceptors (Lipinski definition) is 2. The molecule has 4 atom stereocenters. The molecule has 0 saturated heterocycles. The topological polar surface area (TPSA) is 42.2 Å². The van der Waals surface area contributed by atoms with Gasteiger partial charge in [-0.3, -0.25) is 9.36 Å². The van der Waals surface area contributed by atoms with Crippen LogP contribution in [-0.2, 0) is 5.60 Å². The summed E-state index contributed by atoms with van der Waals surface area (Å²) >= 11 is 3.52. The van der Waals surface area contributed by atoms with Crippen molar-refractivity contribution in [1.29, 1.82) is 0 Å². The summed E-state index contributed by atoms with van der Waals surface area (Å²) in [6.07, 6.45) is 0.532. The molecule has 3 nitrogen and oxygen atoms in total. The van der Waals surface area contributed by atoms with Gasteiger partial charge in [-0.1, -0.05) is 76.6 Å². The number of carbonyl (C=O) groups excluding carboxylic acids is 1. The van der Waals surface area contributed by atoms with E-state index in [-0.39, 0.29) is 17.7 Å². The second kappa shape index (κ2) is 6.40. The summed E-state index contributed by atoms with van der Waals surface area (Å²) in [5.74, 6) is -0.515. The first-order valence-corrected chi connectivity index (χ1v) is 11.1. The molecule has 1 aromatic heterocycles. The Morgan fingerprint density at radius 1 is 0.900 bits per heavy atom. The van der Waals surface area contributed by atoms with E-state index in [1.54, 1.807) is 4.57 Å². The van der Waals surface area contributed by atoms with Crippen LogP contribution >= 0.6 is 15.9 Å². The average molecular weight is 458 g/mol. The van der Waals surface area contributed by atoms with Crippen LogP contribution in [0.3, 0.4) is 0 Å². The minimum absolute atomic E-state index is 0.0000462. The monoisotopic (exact) mass is 457 g/mol. The Balaban J connectivity index is 1.57. The SMILES string of the molecule is O=C1[C@H]2[C@H](c3ccc(Br)cc3)[C@@H](c3ccccc3)C[C@@]2(O)c2cc3ccccc3n21. The maximum atomic E-state index is 13.8. The van der Waals surface area contributed by atoms with Gasteiger partial charge in [0.05, 0.1) is 17.1 Å². The number of benzene rings is 3. The minimum atomic E-state index is -1.17. The number of aromatic nitrogens is 1. The van der Waals surface area contributed by atoms with Gasteiger partial charge in [-0.15, -0.1) is 0 Å². The summed E-state index contributed by atoms with van der Waals surface area (Å²) < 4.78 is 2.76. The molecule has 0 radical (unpaired) electrons. The minimum Gasteiger partial charge on any atom is -0.383 e. The fourth-order valence-electron chi connectivity index (χ4n) is 5.73. The molecule has 1 N–H and O–H groups in total. The molecule has 0 unspecified atom stereocenters. The number of aliphatic hydroxyl groups is 1. The lowest BCUT2D eigenvalue weighted by Gasteiger charge is -2.25. The van der Waals surface area contributed by atoms with Gasteiger partial charge in [0.25, 0.3) is 0 Å². The van der Waals surface area contributed by atoms with Crippen LogP contribution in [0.15, 0.2) is 89.4 Å². The summed E-state index contributed by atoms with van der Waals surface area (Å²) in [4.78, 5) is 13.8. The van der Waals surface area contributed by atoms with Crippen molar-refractivity contribution in [2.75, 3.05) is 0 Å². The summed E-state index contributed by atoms with van der Waals surface area (Å²) in [7, 11) is 0. The predicted octanol–water partition coefficient (Wildman–Crippen LogP) is 5.83. The largest absolute Gasteiger partial charge is 0.383 e. The maximum Gasteiger partial charge on any atom is 0.238 e. The van der Waals surface area contributed by atoms with Crippen LogP contribution in [0.25, 0.3) is 10.9 Å². The van der Waals surface area contributed by atoms with Crippen molar-refractivity contribution in [2.24, 2.45) is 5.92 Å². The molecular weight excluding hydrogens is 438 g/mol. The van der Waals surface area contributed by atoms with E-state index in [1.807, 2.05) is 60.7 Å². The number of hydrogen-bond donors (Lipinski definition) is 1. The highest BCUT2D eigenvalue weighted by Gasteiger charge is 2.63. The highest BCUT2D eigenvalue weighted by atomic mass is 79.9. The summed E-state index contributed by atoms with van der Waals surface area (Å²) in [5, 5.41) is 13.0. The molecule has 3 aromatic carbocycles. The first-order valence-electron chi connectivity index (χ1n) is 10.3. The maximum absolute atomic E-state index is 13.8. The number of rotatable bonds is 2. The molecule has 2 heterocycles. The molecule has 6 rings (SSSR count). The van der Waals surface area contributed by atoms with Crippen molar-refractivity contribution >= 4 is 32.7 Å². The summed E-state index contributed by atoms with van der Waals surface area (Å²) in [6, 6.07) is 28.4. The molecule has 2 aliphatic rings. The van der Waals surface area contributed by atoms with Crippen LogP contribution in [0.5, 0.6) is 0 Å². The van der Waals surface area contributed by atoms with Crippen molar-refractivity contribution in [2.45, 2.75) is 23.9 Å². The molecule has 0 spiro atoms. The third kappa shape index (κ3) is 2.38. The highest BCUT2D eigenvalue weighted by molar-refractivity contribution is 9.10. The van der Waals surface area contributed by atoms with Crippen LogP contribution in [0.4, 0.5) is 0 Å². The van der Waals surface area contributed by atoms with Gasteiger partial charge in [0.1, 0.15) is 5.60 Å². The first-order chi connectivity index (χ1) is 14.6. The molecule has 0 amide bonds. The van der Waals surface area contributed by atoms with Gasteiger partial charge >= 0.3 is 0 Å². The van der Waals surface area contributed by atoms with Gasteiger partial charge in [-0.05, 0) is 47.7 Å². The molecule has 1 aliphatic carbocycles. The lowest BCUT2D eigenvalue weighted by molar-refractivity contribution is 0.00989. The second-order valence-electron chi connectivity index (χ2n) is 8.46. The zero-order valence-corrected chi connectivity index (χ0v) is 17.8. The number of fused-ring (bicyclic) bond motifs is 5. The van der Waals surface area contributed by atoms with E-state index in [0.717, 1.165) is 26.6 Å². The normalized spacial score (nSPS) is 27.4. The van der Waals surface area contributed by atoms with Gasteiger partial charge in [-0.25, -0.2) is 0 Å². The summed E-state index contributed by atoms with van der Waals surface area (Å²) in [5.41, 5.74) is 2.71. The third-order valence-corrected chi connectivity index (χ3v) is 7.49. The van der Waals surface area contributed by atoms with Crippen molar-refractivity contribution in [3.63, 3.8) is 0 Å². The molecule has 30 heavy (non-hydrogen) atoms. The van der Waals surface area contributed by atoms with Crippen molar-refractivity contribution in [3.05, 3.63) is 106 Å². The number of nitrogens with zero attached hydrogens (tertiary/aromatic N) is 1. The second-order valence-corrected chi connectivity index (χ2v) is 9.38. The zero-order chi connectivity index (χ0) is 20.5. The van der Waals surface area contributed by atoms with Crippen LogP contribution < -0.4 is 0 Å². The van der Waals surface area contributed by atoms with Crippen molar-refractivity contribution < 1.29 is 9.90 Å². The number of carbonyl (C=O) groups is 1. The zero-order valence-electron chi connectivity index (χ0n) is 16.2. The lowest BCUT2D eigenvalue weighted by Crippen LogP contribution is -2.31. The van der Waals surface area contributed by atoms with Crippen molar-refractivity contribution in [3.8, 4) is 0 Å². The van der Waals surface area contributed by atoms with Gasteiger partial charge in [0.2, 0.25) is 5.91 Å². The Labute approximate surface area is 183 Å². The van der Waals surface area contributed by atoms with E-state index >= 15 is 0 Å². The third-order valence-electron chi connectivity index (χ3n) is 6.96. The molecule has 1 aliphatic heterocycles. The molecule has 0 bridgehead atoms. The lowest BCUT2D eigenvalue weighted by atomic mass is 9.78. The fourth-order valence-corrected chi connectivity index (χ4v) is 5.99. The average Bonchev–Trinajstić information content (AvgIpc) is 3.37. The molecule has 4 aromatic rings. The Bertz CT molecular complexity index is 1280. The standard InChI is InChI=1S/C26H20BrNO2/c27-19-12-10-17(11-13-19)23-20(16-6-2-1-3-7-16)15-26(30)22-14-18-8-4-5-9-21(18)28(22)25(29)24(23)26/h1-14,20,23-24,30H,15H2/t20-,23-,24-,26-/m1/s1. The molecular formula is C26H20BrNO2. The predicted molar refractivity (Wildman–Crippen MR) is 121 cm³/mol. The van der Waals surface area contributed by atoms with E-state index in [4.69, 9.17) is 0 Å². The molecule has 1 saturated carbocycles. The van der Waals surface area contributed by atoms with Crippen LogP contribution in [0, 0.1) is 5.92 Å². The number of halogens is 1. The first kappa shape index (κ1) is 18.1. The summed E-state index contributed by atoms with van der Waals surface area (Å²) in [6.45, 7) is 0.